The van der Waals surface area contributed by atoms with E-state index in [1.807, 2.05) is 7.05 Å². The van der Waals surface area contributed by atoms with E-state index in [1.165, 1.54) is 11.3 Å². The van der Waals surface area contributed by atoms with E-state index in [1.54, 1.807) is 4.90 Å². The van der Waals surface area contributed by atoms with E-state index < -0.39 is 0 Å². The minimum absolute atomic E-state index is 0.207. The standard InChI is InChI=1S/C14H17N3O/c1-16-12-4-2-3-9-10-7-15-6-5-11(10)17(14(9)12)8-13(16)18/h2-4,10-11,15H,5-8H2,1H3/t10?,11-/m1/s1. The van der Waals surface area contributed by atoms with Gasteiger partial charge >= 0.3 is 0 Å². The number of likely N-dealkylation sites (N-methyl/N-ethyl adjacent to an activating group) is 1. The minimum atomic E-state index is 0.207. The zero-order chi connectivity index (χ0) is 12.3. The number of carbonyl (C=O) groups excluding carboxylic acids is 1. The van der Waals surface area contributed by atoms with Crippen LogP contribution in [0.15, 0.2) is 18.2 Å². The van der Waals surface area contributed by atoms with Gasteiger partial charge in [0.15, 0.2) is 0 Å². The monoisotopic (exact) mass is 243 g/mol. The molecule has 1 aromatic rings. The molecule has 3 heterocycles. The Bertz CT molecular complexity index is 528. The Labute approximate surface area is 107 Å². The van der Waals surface area contributed by atoms with Gasteiger partial charge in [-0.15, -0.1) is 0 Å². The van der Waals surface area contributed by atoms with Crippen molar-refractivity contribution in [3.05, 3.63) is 23.8 Å². The summed E-state index contributed by atoms with van der Waals surface area (Å²) in [6.45, 7) is 2.64. The molecule has 0 aliphatic carbocycles. The van der Waals surface area contributed by atoms with Gasteiger partial charge in [0.2, 0.25) is 5.91 Å². The second-order valence-corrected chi connectivity index (χ2v) is 5.46. The molecular weight excluding hydrogens is 226 g/mol. The lowest BCUT2D eigenvalue weighted by atomic mass is 9.90. The third-order valence-electron chi connectivity index (χ3n) is 4.62. The maximum atomic E-state index is 12.1. The molecule has 1 unspecified atom stereocenters. The van der Waals surface area contributed by atoms with E-state index in [9.17, 15) is 4.79 Å². The van der Waals surface area contributed by atoms with Crippen molar-refractivity contribution in [3.8, 4) is 0 Å². The van der Waals surface area contributed by atoms with Gasteiger partial charge < -0.3 is 15.1 Å². The molecule has 1 saturated heterocycles. The van der Waals surface area contributed by atoms with Crippen LogP contribution >= 0.6 is 0 Å². The number of carbonyl (C=O) groups is 1. The number of hydrogen-bond donors (Lipinski definition) is 1. The van der Waals surface area contributed by atoms with Crippen LogP contribution in [0, 0.1) is 0 Å². The molecule has 2 atom stereocenters. The third-order valence-corrected chi connectivity index (χ3v) is 4.62. The molecule has 0 radical (unpaired) electrons. The summed E-state index contributed by atoms with van der Waals surface area (Å²) in [7, 11) is 1.88. The van der Waals surface area contributed by atoms with Gasteiger partial charge in [-0.2, -0.15) is 0 Å². The van der Waals surface area contributed by atoms with E-state index in [4.69, 9.17) is 0 Å². The Morgan fingerprint density at radius 3 is 3.17 bits per heavy atom. The van der Waals surface area contributed by atoms with Crippen LogP contribution < -0.4 is 15.1 Å². The molecule has 1 amide bonds. The van der Waals surface area contributed by atoms with Crippen LogP contribution in [0.5, 0.6) is 0 Å². The highest BCUT2D eigenvalue weighted by molar-refractivity contribution is 6.04. The topological polar surface area (TPSA) is 35.6 Å². The van der Waals surface area contributed by atoms with Gasteiger partial charge in [-0.25, -0.2) is 0 Å². The van der Waals surface area contributed by atoms with Crippen molar-refractivity contribution in [2.75, 3.05) is 36.5 Å². The van der Waals surface area contributed by atoms with Crippen molar-refractivity contribution in [1.29, 1.82) is 0 Å². The Morgan fingerprint density at radius 2 is 2.28 bits per heavy atom. The van der Waals surface area contributed by atoms with Crippen LogP contribution in [0.4, 0.5) is 11.4 Å². The van der Waals surface area contributed by atoms with Crippen molar-refractivity contribution >= 4 is 17.3 Å². The lowest BCUT2D eigenvalue weighted by molar-refractivity contribution is -0.117. The number of piperidine rings is 1. The highest BCUT2D eigenvalue weighted by Gasteiger charge is 2.44. The van der Waals surface area contributed by atoms with Gasteiger partial charge in [-0.05, 0) is 24.6 Å². The van der Waals surface area contributed by atoms with Gasteiger partial charge in [-0.3, -0.25) is 4.79 Å². The quantitative estimate of drug-likeness (QED) is 0.736. The number of amides is 1. The van der Waals surface area contributed by atoms with Crippen LogP contribution in [-0.2, 0) is 4.79 Å². The summed E-state index contributed by atoms with van der Waals surface area (Å²) in [6, 6.07) is 6.89. The molecule has 0 bridgehead atoms. The Balaban J connectivity index is 1.91. The smallest absolute Gasteiger partial charge is 0.246 e. The first-order chi connectivity index (χ1) is 8.77. The van der Waals surface area contributed by atoms with Crippen LogP contribution in [-0.4, -0.2) is 38.6 Å². The predicted molar refractivity (Wildman–Crippen MR) is 71.2 cm³/mol. The fourth-order valence-corrected chi connectivity index (χ4v) is 3.71. The van der Waals surface area contributed by atoms with Crippen LogP contribution in [0.3, 0.4) is 0 Å². The number of para-hydroxylation sites is 1. The van der Waals surface area contributed by atoms with Gasteiger partial charge in [0.05, 0.1) is 17.9 Å². The first kappa shape index (κ1) is 10.4. The number of hydrogen-bond acceptors (Lipinski definition) is 3. The number of anilines is 2. The lowest BCUT2D eigenvalue weighted by Crippen LogP contribution is -2.50. The highest BCUT2D eigenvalue weighted by atomic mass is 16.2. The maximum absolute atomic E-state index is 12.1. The lowest BCUT2D eigenvalue weighted by Gasteiger charge is -2.38. The van der Waals surface area contributed by atoms with Crippen molar-refractivity contribution < 1.29 is 4.79 Å². The zero-order valence-corrected chi connectivity index (χ0v) is 10.5. The minimum Gasteiger partial charge on any atom is -0.357 e. The normalized spacial score (nSPS) is 29.3. The summed E-state index contributed by atoms with van der Waals surface area (Å²) in [6.07, 6.45) is 1.13. The molecule has 1 N–H and O–H groups in total. The summed E-state index contributed by atoms with van der Waals surface area (Å²) >= 11 is 0. The highest BCUT2D eigenvalue weighted by Crippen LogP contribution is 2.49. The number of fused-ring (bicyclic) bond motifs is 3. The van der Waals surface area contributed by atoms with E-state index in [0.717, 1.165) is 25.2 Å². The van der Waals surface area contributed by atoms with Crippen LogP contribution in [0.1, 0.15) is 17.9 Å². The Hall–Kier alpha value is -1.55. The number of nitrogens with zero attached hydrogens (tertiary/aromatic N) is 2. The molecule has 0 aromatic heterocycles. The van der Waals surface area contributed by atoms with Crippen molar-refractivity contribution in [1.82, 2.24) is 5.32 Å². The first-order valence-electron chi connectivity index (χ1n) is 6.64. The Morgan fingerprint density at radius 1 is 1.39 bits per heavy atom. The molecule has 1 aromatic carbocycles. The van der Waals surface area contributed by atoms with Gasteiger partial charge in [0.25, 0.3) is 0 Å². The molecule has 1 fully saturated rings. The van der Waals surface area contributed by atoms with E-state index in [2.05, 4.69) is 28.4 Å². The van der Waals surface area contributed by atoms with Crippen LogP contribution in [0.2, 0.25) is 0 Å². The second-order valence-electron chi connectivity index (χ2n) is 5.46. The van der Waals surface area contributed by atoms with Gasteiger partial charge in [0.1, 0.15) is 0 Å². The summed E-state index contributed by atoms with van der Waals surface area (Å²) in [5.41, 5.74) is 3.81. The number of nitrogens with one attached hydrogen (secondary N) is 1. The molecule has 4 nitrogen and oxygen atoms in total. The predicted octanol–water partition coefficient (Wildman–Crippen LogP) is 0.928. The Kier molecular flexibility index (Phi) is 2.01. The molecule has 4 rings (SSSR count). The zero-order valence-electron chi connectivity index (χ0n) is 10.5. The molecule has 0 spiro atoms. The van der Waals surface area contributed by atoms with Crippen molar-refractivity contribution in [3.63, 3.8) is 0 Å². The number of benzene rings is 1. The molecule has 3 aliphatic rings. The first-order valence-corrected chi connectivity index (χ1v) is 6.64. The molecule has 94 valence electrons. The molecule has 3 aliphatic heterocycles. The second kappa shape index (κ2) is 3.48. The SMILES string of the molecule is CN1C(=O)CN2c3c(cccc31)C1CNCC[C@H]12. The van der Waals surface area contributed by atoms with E-state index in [-0.39, 0.29) is 5.91 Å². The third kappa shape index (κ3) is 1.16. The maximum Gasteiger partial charge on any atom is 0.246 e. The average Bonchev–Trinajstić information content (AvgIpc) is 2.72. The molecular formula is C14H17N3O. The van der Waals surface area contributed by atoms with Gasteiger partial charge in [-0.1, -0.05) is 12.1 Å². The van der Waals surface area contributed by atoms with Crippen LogP contribution in [0.25, 0.3) is 0 Å². The molecule has 18 heavy (non-hydrogen) atoms. The van der Waals surface area contributed by atoms with E-state index >= 15 is 0 Å². The fourth-order valence-electron chi connectivity index (χ4n) is 3.71. The number of rotatable bonds is 0. The summed E-state index contributed by atoms with van der Waals surface area (Å²) in [5.74, 6) is 0.756. The summed E-state index contributed by atoms with van der Waals surface area (Å²) < 4.78 is 0. The van der Waals surface area contributed by atoms with Gasteiger partial charge in [0, 0.05) is 25.6 Å². The average molecular weight is 243 g/mol. The summed E-state index contributed by atoms with van der Waals surface area (Å²) in [4.78, 5) is 16.2. The fraction of sp³-hybridized carbons (Fsp3) is 0.500. The molecule has 4 heteroatoms. The largest absolute Gasteiger partial charge is 0.357 e. The van der Waals surface area contributed by atoms with Crippen molar-refractivity contribution in [2.24, 2.45) is 0 Å². The van der Waals surface area contributed by atoms with Crippen molar-refractivity contribution in [2.45, 2.75) is 18.4 Å². The van der Waals surface area contributed by atoms with E-state index in [0.29, 0.717) is 18.5 Å². The molecule has 0 saturated carbocycles. The summed E-state index contributed by atoms with van der Waals surface area (Å²) in [5, 5.41) is 3.48.